The van der Waals surface area contributed by atoms with Gasteiger partial charge in [-0.1, -0.05) is 37.6 Å². The molecule has 0 aliphatic heterocycles. The van der Waals surface area contributed by atoms with Crippen molar-refractivity contribution in [3.63, 3.8) is 0 Å². The van der Waals surface area contributed by atoms with Gasteiger partial charge in [-0.2, -0.15) is 0 Å². The number of halogens is 1. The minimum absolute atomic E-state index is 0.0328. The van der Waals surface area contributed by atoms with Crippen LogP contribution in [-0.2, 0) is 4.74 Å². The van der Waals surface area contributed by atoms with Crippen LogP contribution in [0.5, 0.6) is 5.75 Å². The predicted molar refractivity (Wildman–Crippen MR) is 108 cm³/mol. The Kier molecular flexibility index (Phi) is 8.14. The summed E-state index contributed by atoms with van der Waals surface area (Å²) in [6.07, 6.45) is 0.202. The number of rotatable bonds is 9. The van der Waals surface area contributed by atoms with Crippen LogP contribution in [0.3, 0.4) is 0 Å². The maximum atomic E-state index is 6.01. The first-order valence-corrected chi connectivity index (χ1v) is 10.1. The van der Waals surface area contributed by atoms with Gasteiger partial charge in [0.1, 0.15) is 18.5 Å². The second-order valence-corrected chi connectivity index (χ2v) is 8.14. The zero-order valence-corrected chi connectivity index (χ0v) is 16.9. The summed E-state index contributed by atoms with van der Waals surface area (Å²) in [5, 5.41) is 0.757. The Balaban J connectivity index is 1.89. The van der Waals surface area contributed by atoms with E-state index in [1.807, 2.05) is 36.4 Å². The quantitative estimate of drug-likeness (QED) is 0.468. The van der Waals surface area contributed by atoms with Gasteiger partial charge in [0.25, 0.3) is 0 Å². The maximum absolute atomic E-state index is 6.01. The average Bonchev–Trinajstić information content (AvgIpc) is 2.58. The molecule has 0 spiro atoms. The lowest BCUT2D eigenvalue weighted by Crippen LogP contribution is -2.27. The molecule has 1 unspecified atom stereocenters. The molecule has 0 fully saturated rings. The highest BCUT2D eigenvalue weighted by molar-refractivity contribution is 7.99. The Labute approximate surface area is 160 Å². The minimum Gasteiger partial charge on any atom is -0.491 e. The van der Waals surface area contributed by atoms with Crippen LogP contribution in [0.25, 0.3) is 0 Å². The fraction of sp³-hybridized carbons (Fsp3) is 0.429. The van der Waals surface area contributed by atoms with Crippen LogP contribution in [0.2, 0.25) is 5.02 Å². The Morgan fingerprint density at radius 2 is 1.56 bits per heavy atom. The molecule has 2 rings (SSSR count). The topological polar surface area (TPSA) is 18.5 Å². The molecule has 2 aromatic carbocycles. The van der Waals surface area contributed by atoms with E-state index in [1.165, 1.54) is 10.5 Å². The molecule has 0 saturated heterocycles. The van der Waals surface area contributed by atoms with Gasteiger partial charge in [0.05, 0.1) is 6.10 Å². The van der Waals surface area contributed by atoms with Gasteiger partial charge in [-0.3, -0.25) is 0 Å². The molecule has 136 valence electrons. The molecule has 0 N–H and O–H groups in total. The Hall–Kier alpha value is -1.16. The summed E-state index contributed by atoms with van der Waals surface area (Å²) < 4.78 is 12.0. The van der Waals surface area contributed by atoms with Crippen molar-refractivity contribution in [2.75, 3.05) is 12.4 Å². The minimum atomic E-state index is 0.0328. The van der Waals surface area contributed by atoms with E-state index < -0.39 is 0 Å². The van der Waals surface area contributed by atoms with Gasteiger partial charge >= 0.3 is 0 Å². The Morgan fingerprint density at radius 3 is 2.12 bits per heavy atom. The highest BCUT2D eigenvalue weighted by Crippen LogP contribution is 2.23. The van der Waals surface area contributed by atoms with Crippen molar-refractivity contribution in [3.05, 3.63) is 59.1 Å². The molecular weight excluding hydrogens is 352 g/mol. The summed E-state index contributed by atoms with van der Waals surface area (Å²) in [6, 6.07) is 16.2. The van der Waals surface area contributed by atoms with E-state index in [0.717, 1.165) is 16.5 Å². The summed E-state index contributed by atoms with van der Waals surface area (Å²) in [4.78, 5) is 1.18. The van der Waals surface area contributed by atoms with Crippen LogP contribution in [0.4, 0.5) is 0 Å². The van der Waals surface area contributed by atoms with E-state index in [0.29, 0.717) is 12.5 Å². The van der Waals surface area contributed by atoms with Crippen molar-refractivity contribution >= 4 is 23.4 Å². The molecule has 2 nitrogen and oxygen atoms in total. The summed E-state index contributed by atoms with van der Waals surface area (Å²) in [7, 11) is 0. The summed E-state index contributed by atoms with van der Waals surface area (Å²) in [5.74, 6) is 2.25. The highest BCUT2D eigenvalue weighted by atomic mass is 35.5. The number of hydrogen-bond donors (Lipinski definition) is 0. The summed E-state index contributed by atoms with van der Waals surface area (Å²) >= 11 is 7.69. The molecular formula is C21H27ClO2S. The van der Waals surface area contributed by atoms with Crippen LogP contribution < -0.4 is 4.74 Å². The molecule has 0 aliphatic rings. The van der Waals surface area contributed by atoms with Gasteiger partial charge in [-0.05, 0) is 61.7 Å². The fourth-order valence-electron chi connectivity index (χ4n) is 2.37. The third-order valence-electron chi connectivity index (χ3n) is 3.70. The molecule has 25 heavy (non-hydrogen) atoms. The first-order valence-electron chi connectivity index (χ1n) is 8.70. The molecule has 0 aliphatic carbocycles. The SMILES string of the molecule is CC(C)OC(COc1ccc(C(C)C)cc1)CSc1ccc(Cl)cc1. The van der Waals surface area contributed by atoms with E-state index in [1.54, 1.807) is 11.8 Å². The highest BCUT2D eigenvalue weighted by Gasteiger charge is 2.13. The number of thioether (sulfide) groups is 1. The number of benzene rings is 2. The predicted octanol–water partition coefficient (Wildman–Crippen LogP) is 6.43. The molecule has 4 heteroatoms. The standard InChI is InChI=1S/C21H27ClO2S/c1-15(2)17-5-9-19(10-6-17)23-13-20(24-16(3)4)14-25-21-11-7-18(22)8-12-21/h5-12,15-16,20H,13-14H2,1-4H3. The van der Waals surface area contributed by atoms with E-state index in [-0.39, 0.29) is 12.2 Å². The summed E-state index contributed by atoms with van der Waals surface area (Å²) in [6.45, 7) is 9.03. The number of hydrogen-bond acceptors (Lipinski definition) is 3. The second kappa shape index (κ2) is 10.1. The lowest BCUT2D eigenvalue weighted by Gasteiger charge is -2.21. The van der Waals surface area contributed by atoms with Gasteiger partial charge in [-0.15, -0.1) is 11.8 Å². The van der Waals surface area contributed by atoms with Crippen molar-refractivity contribution in [1.82, 2.24) is 0 Å². The molecule has 0 heterocycles. The van der Waals surface area contributed by atoms with Crippen molar-refractivity contribution < 1.29 is 9.47 Å². The van der Waals surface area contributed by atoms with Crippen molar-refractivity contribution in [2.45, 2.75) is 50.7 Å². The zero-order valence-electron chi connectivity index (χ0n) is 15.4. The molecule has 1 atom stereocenters. The average molecular weight is 379 g/mol. The van der Waals surface area contributed by atoms with E-state index in [4.69, 9.17) is 21.1 Å². The van der Waals surface area contributed by atoms with Crippen LogP contribution in [0.15, 0.2) is 53.4 Å². The van der Waals surface area contributed by atoms with Gasteiger partial charge < -0.3 is 9.47 Å². The van der Waals surface area contributed by atoms with E-state index >= 15 is 0 Å². The third kappa shape index (κ3) is 7.31. The van der Waals surface area contributed by atoms with Gasteiger partial charge in [0.2, 0.25) is 0 Å². The molecule has 0 aromatic heterocycles. The Morgan fingerprint density at radius 1 is 0.920 bits per heavy atom. The fourth-order valence-corrected chi connectivity index (χ4v) is 3.38. The normalized spacial score (nSPS) is 12.6. The van der Waals surface area contributed by atoms with Crippen molar-refractivity contribution in [1.29, 1.82) is 0 Å². The lowest BCUT2D eigenvalue weighted by atomic mass is 10.0. The van der Waals surface area contributed by atoms with Gasteiger partial charge in [-0.25, -0.2) is 0 Å². The molecule has 0 saturated carbocycles. The van der Waals surface area contributed by atoms with E-state index in [9.17, 15) is 0 Å². The molecule has 0 amide bonds. The van der Waals surface area contributed by atoms with Gasteiger partial charge in [0, 0.05) is 15.7 Å². The molecule has 0 radical (unpaired) electrons. The van der Waals surface area contributed by atoms with E-state index in [2.05, 4.69) is 39.8 Å². The third-order valence-corrected chi connectivity index (χ3v) is 5.09. The van der Waals surface area contributed by atoms with Crippen molar-refractivity contribution in [2.24, 2.45) is 0 Å². The largest absolute Gasteiger partial charge is 0.491 e. The lowest BCUT2D eigenvalue weighted by molar-refractivity contribution is -0.00354. The van der Waals surface area contributed by atoms with Crippen LogP contribution >= 0.6 is 23.4 Å². The van der Waals surface area contributed by atoms with Crippen LogP contribution in [0, 0.1) is 0 Å². The monoisotopic (exact) mass is 378 g/mol. The first kappa shape index (κ1) is 20.2. The van der Waals surface area contributed by atoms with Crippen LogP contribution in [-0.4, -0.2) is 24.6 Å². The summed E-state index contributed by atoms with van der Waals surface area (Å²) in [5.41, 5.74) is 1.32. The maximum Gasteiger partial charge on any atom is 0.119 e. The van der Waals surface area contributed by atoms with Crippen LogP contribution in [0.1, 0.15) is 39.2 Å². The molecule has 0 bridgehead atoms. The second-order valence-electron chi connectivity index (χ2n) is 6.61. The zero-order chi connectivity index (χ0) is 18.2. The first-order chi connectivity index (χ1) is 11.9. The van der Waals surface area contributed by atoms with Gasteiger partial charge in [0.15, 0.2) is 0 Å². The smallest absolute Gasteiger partial charge is 0.119 e. The van der Waals surface area contributed by atoms with Crippen molar-refractivity contribution in [3.8, 4) is 5.75 Å². The Bertz CT molecular complexity index is 623. The molecule has 2 aromatic rings. The number of ether oxygens (including phenoxy) is 2.